The fourth-order valence-corrected chi connectivity index (χ4v) is 4.22. The van der Waals surface area contributed by atoms with Gasteiger partial charge in [0, 0.05) is 22.7 Å². The molecule has 0 aliphatic carbocycles. The minimum Gasteiger partial charge on any atom is -0.314 e. The van der Waals surface area contributed by atoms with E-state index in [2.05, 4.69) is 64.1 Å². The van der Waals surface area contributed by atoms with Crippen LogP contribution in [0, 0.1) is 0 Å². The Kier molecular flexibility index (Phi) is 3.10. The topological polar surface area (TPSA) is 61.7 Å². The normalized spacial score (nSPS) is 11.9. The lowest BCUT2D eigenvalue weighted by Crippen LogP contribution is -2.07. The average molecular weight is 363 g/mol. The molecule has 28 heavy (non-hydrogen) atoms. The van der Waals surface area contributed by atoms with Crippen molar-refractivity contribution in [3.8, 4) is 5.69 Å². The zero-order chi connectivity index (χ0) is 18.7. The second kappa shape index (κ2) is 5.65. The molecule has 0 radical (unpaired) electrons. The van der Waals surface area contributed by atoms with Gasteiger partial charge in [0.05, 0.1) is 34.3 Å². The molecule has 0 saturated carbocycles. The smallest absolute Gasteiger partial charge is 0.144 e. The average Bonchev–Trinajstić information content (AvgIpc) is 3.25. The number of benzene rings is 2. The molecule has 0 saturated heterocycles. The Balaban J connectivity index is 1.87. The van der Waals surface area contributed by atoms with Crippen LogP contribution in [0.1, 0.15) is 0 Å². The summed E-state index contributed by atoms with van der Waals surface area (Å²) < 4.78 is 4.30. The Morgan fingerprint density at radius 2 is 1.54 bits per heavy atom. The minimum atomic E-state index is 0.363. The van der Waals surface area contributed by atoms with E-state index in [-0.39, 0.29) is 0 Å². The summed E-state index contributed by atoms with van der Waals surface area (Å²) in [5.74, 6) is 0. The Bertz CT molecular complexity index is 1490. The van der Waals surface area contributed by atoms with Crippen molar-refractivity contribution in [3.63, 3.8) is 0 Å². The van der Waals surface area contributed by atoms with E-state index in [1.54, 1.807) is 0 Å². The summed E-state index contributed by atoms with van der Waals surface area (Å²) >= 11 is 0. The van der Waals surface area contributed by atoms with Gasteiger partial charge < -0.3 is 14.9 Å². The SMILES string of the molecule is NCn1c2cccnc2c2cc3c(nc21)c1ccccc1n3-c1ccccc1. The van der Waals surface area contributed by atoms with Crippen molar-refractivity contribution >= 4 is 44.0 Å². The highest BCUT2D eigenvalue weighted by molar-refractivity contribution is 6.14. The van der Waals surface area contributed by atoms with Crippen LogP contribution < -0.4 is 5.73 Å². The van der Waals surface area contributed by atoms with Gasteiger partial charge in [0.2, 0.25) is 0 Å². The van der Waals surface area contributed by atoms with Crippen LogP contribution in [-0.2, 0) is 6.67 Å². The molecular formula is C23H17N5. The Labute approximate surface area is 160 Å². The first-order valence-corrected chi connectivity index (χ1v) is 9.29. The van der Waals surface area contributed by atoms with Gasteiger partial charge in [0.1, 0.15) is 5.65 Å². The van der Waals surface area contributed by atoms with E-state index in [0.29, 0.717) is 6.67 Å². The molecule has 4 aromatic heterocycles. The summed E-state index contributed by atoms with van der Waals surface area (Å²) in [5.41, 5.74) is 13.2. The van der Waals surface area contributed by atoms with Gasteiger partial charge in [-0.25, -0.2) is 4.98 Å². The summed E-state index contributed by atoms with van der Waals surface area (Å²) in [6.45, 7) is 0.363. The van der Waals surface area contributed by atoms with E-state index in [1.807, 2.05) is 29.0 Å². The van der Waals surface area contributed by atoms with E-state index in [0.717, 1.165) is 49.7 Å². The number of nitrogens with two attached hydrogens (primary N) is 1. The van der Waals surface area contributed by atoms with Crippen molar-refractivity contribution in [2.45, 2.75) is 6.67 Å². The maximum atomic E-state index is 6.07. The highest BCUT2D eigenvalue weighted by Crippen LogP contribution is 2.35. The highest BCUT2D eigenvalue weighted by Gasteiger charge is 2.18. The summed E-state index contributed by atoms with van der Waals surface area (Å²) in [6.07, 6.45) is 1.82. The number of rotatable bonds is 2. The van der Waals surface area contributed by atoms with Crippen molar-refractivity contribution in [3.05, 3.63) is 79.0 Å². The van der Waals surface area contributed by atoms with E-state index < -0.39 is 0 Å². The molecule has 4 heterocycles. The standard InChI is InChI=1S/C23H17N5/c24-14-27-19-11-6-12-25-21(19)17-13-20-22(26-23(17)27)16-9-4-5-10-18(16)28(20)15-7-2-1-3-8-15/h1-13H,14,24H2. The summed E-state index contributed by atoms with van der Waals surface area (Å²) in [4.78, 5) is 9.70. The number of fused-ring (bicyclic) bond motifs is 6. The fourth-order valence-electron chi connectivity index (χ4n) is 4.22. The van der Waals surface area contributed by atoms with Gasteiger partial charge >= 0.3 is 0 Å². The van der Waals surface area contributed by atoms with Gasteiger partial charge in [-0.1, -0.05) is 36.4 Å². The molecule has 2 aromatic carbocycles. The Hall–Kier alpha value is -3.70. The molecule has 0 spiro atoms. The van der Waals surface area contributed by atoms with Crippen molar-refractivity contribution in [2.24, 2.45) is 5.73 Å². The quantitative estimate of drug-likeness (QED) is 0.489. The number of aromatic nitrogens is 4. The lowest BCUT2D eigenvalue weighted by atomic mass is 10.2. The first-order chi connectivity index (χ1) is 13.9. The molecule has 134 valence electrons. The van der Waals surface area contributed by atoms with Crippen LogP contribution in [-0.4, -0.2) is 19.1 Å². The first kappa shape index (κ1) is 15.4. The van der Waals surface area contributed by atoms with Gasteiger partial charge in [-0.2, -0.15) is 0 Å². The summed E-state index contributed by atoms with van der Waals surface area (Å²) in [6, 6.07) is 25.0. The fraction of sp³-hybridized carbons (Fsp3) is 0.0435. The largest absolute Gasteiger partial charge is 0.314 e. The van der Waals surface area contributed by atoms with Crippen molar-refractivity contribution in [1.82, 2.24) is 19.1 Å². The van der Waals surface area contributed by atoms with Gasteiger partial charge in [0.25, 0.3) is 0 Å². The molecule has 2 N–H and O–H groups in total. The molecule has 0 amide bonds. The third-order valence-corrected chi connectivity index (χ3v) is 5.41. The molecule has 6 aromatic rings. The molecule has 0 unspecified atom stereocenters. The lowest BCUT2D eigenvalue weighted by molar-refractivity contribution is 0.782. The van der Waals surface area contributed by atoms with Gasteiger partial charge in [-0.3, -0.25) is 4.98 Å². The predicted octanol–water partition coefficient (Wildman–Crippen LogP) is 4.60. The molecule has 5 heteroatoms. The zero-order valence-corrected chi connectivity index (χ0v) is 15.1. The predicted molar refractivity (Wildman–Crippen MR) is 114 cm³/mol. The van der Waals surface area contributed by atoms with Crippen molar-refractivity contribution < 1.29 is 0 Å². The number of para-hydroxylation sites is 2. The van der Waals surface area contributed by atoms with Gasteiger partial charge in [-0.05, 0) is 36.4 Å². The molecule has 5 nitrogen and oxygen atoms in total. The van der Waals surface area contributed by atoms with Gasteiger partial charge in [-0.15, -0.1) is 0 Å². The second-order valence-corrected chi connectivity index (χ2v) is 6.90. The van der Waals surface area contributed by atoms with Crippen LogP contribution in [0.25, 0.3) is 49.7 Å². The number of hydrogen-bond donors (Lipinski definition) is 1. The van der Waals surface area contributed by atoms with Crippen molar-refractivity contribution in [1.29, 1.82) is 0 Å². The minimum absolute atomic E-state index is 0.363. The van der Waals surface area contributed by atoms with Crippen LogP contribution >= 0.6 is 0 Å². The Morgan fingerprint density at radius 1 is 0.750 bits per heavy atom. The Morgan fingerprint density at radius 3 is 2.39 bits per heavy atom. The molecule has 0 aliphatic heterocycles. The number of hydrogen-bond acceptors (Lipinski definition) is 3. The molecule has 0 aliphatic rings. The van der Waals surface area contributed by atoms with Crippen LogP contribution in [0.2, 0.25) is 0 Å². The highest BCUT2D eigenvalue weighted by atomic mass is 15.1. The molecular weight excluding hydrogens is 346 g/mol. The third-order valence-electron chi connectivity index (χ3n) is 5.41. The van der Waals surface area contributed by atoms with E-state index >= 15 is 0 Å². The zero-order valence-electron chi connectivity index (χ0n) is 15.1. The first-order valence-electron chi connectivity index (χ1n) is 9.29. The molecule has 0 bridgehead atoms. The summed E-state index contributed by atoms with van der Waals surface area (Å²) in [5, 5.41) is 2.15. The van der Waals surface area contributed by atoms with Crippen LogP contribution in [0.5, 0.6) is 0 Å². The van der Waals surface area contributed by atoms with Gasteiger partial charge in [0.15, 0.2) is 0 Å². The van der Waals surface area contributed by atoms with Crippen LogP contribution in [0.15, 0.2) is 79.0 Å². The van der Waals surface area contributed by atoms with E-state index in [4.69, 9.17) is 10.7 Å². The monoisotopic (exact) mass is 363 g/mol. The number of pyridine rings is 2. The van der Waals surface area contributed by atoms with Crippen LogP contribution in [0.4, 0.5) is 0 Å². The molecule has 0 fully saturated rings. The molecule has 0 atom stereocenters. The van der Waals surface area contributed by atoms with Crippen LogP contribution in [0.3, 0.4) is 0 Å². The number of nitrogens with zero attached hydrogens (tertiary/aromatic N) is 4. The maximum Gasteiger partial charge on any atom is 0.144 e. The van der Waals surface area contributed by atoms with Crippen molar-refractivity contribution in [2.75, 3.05) is 0 Å². The maximum absolute atomic E-state index is 6.07. The summed E-state index contributed by atoms with van der Waals surface area (Å²) in [7, 11) is 0. The molecule has 6 rings (SSSR count). The van der Waals surface area contributed by atoms with E-state index in [1.165, 1.54) is 0 Å². The van der Waals surface area contributed by atoms with E-state index in [9.17, 15) is 0 Å². The third kappa shape index (κ3) is 1.94. The lowest BCUT2D eigenvalue weighted by Gasteiger charge is -2.07. The second-order valence-electron chi connectivity index (χ2n) is 6.90.